The summed E-state index contributed by atoms with van der Waals surface area (Å²) in [6.07, 6.45) is 0. The predicted octanol–water partition coefficient (Wildman–Crippen LogP) is 0.153. The zero-order valence-corrected chi connectivity index (χ0v) is 15.0. The third-order valence-electron chi connectivity index (χ3n) is 3.23. The number of rotatable bonds is 8. The fraction of sp³-hybridized carbons (Fsp3) is 0.600. The minimum Gasteiger partial charge on any atom is -0.497 e. The van der Waals surface area contributed by atoms with E-state index in [1.54, 1.807) is 12.1 Å². The molecule has 0 spiro atoms. The molecular weight excluding hydrogens is 304 g/mol. The molecule has 0 saturated heterocycles. The minimum absolute atomic E-state index is 0.0855. The lowest BCUT2D eigenvalue weighted by Crippen LogP contribution is -3.07. The lowest BCUT2D eigenvalue weighted by molar-refractivity contribution is -0.865. The Morgan fingerprint density at radius 3 is 2.32 bits per heavy atom. The molecule has 1 rings (SSSR count). The molecule has 0 atom stereocenters. The molecular formula is C15H27N2O4S+. The van der Waals surface area contributed by atoms with Gasteiger partial charge in [-0.25, -0.2) is 13.1 Å². The summed E-state index contributed by atoms with van der Waals surface area (Å²) in [7, 11) is 3.36. The van der Waals surface area contributed by atoms with Crippen LogP contribution in [0.1, 0.15) is 13.8 Å². The van der Waals surface area contributed by atoms with Crippen molar-refractivity contribution in [3.8, 4) is 11.5 Å². The first-order valence-electron chi connectivity index (χ1n) is 7.12. The second-order valence-electron chi connectivity index (χ2n) is 6.39. The van der Waals surface area contributed by atoms with Gasteiger partial charge in [-0.3, -0.25) is 0 Å². The highest BCUT2D eigenvalue weighted by Gasteiger charge is 2.27. The zero-order valence-electron chi connectivity index (χ0n) is 14.2. The molecule has 0 aromatic heterocycles. The third-order valence-corrected chi connectivity index (χ3v) is 4.66. The molecule has 0 aliphatic heterocycles. The topological polar surface area (TPSA) is 69.1 Å². The summed E-state index contributed by atoms with van der Waals surface area (Å²) in [6.45, 7) is 5.27. The third kappa shape index (κ3) is 5.15. The van der Waals surface area contributed by atoms with Gasteiger partial charge in [-0.15, -0.1) is 0 Å². The van der Waals surface area contributed by atoms with E-state index in [0.717, 1.165) is 6.54 Å². The van der Waals surface area contributed by atoms with Crippen molar-refractivity contribution in [3.05, 3.63) is 18.2 Å². The van der Waals surface area contributed by atoms with Crippen molar-refractivity contribution < 1.29 is 22.8 Å². The quantitative estimate of drug-likeness (QED) is 0.712. The number of hydrogen-bond acceptors (Lipinski definition) is 4. The van der Waals surface area contributed by atoms with Gasteiger partial charge in [0, 0.05) is 18.0 Å². The van der Waals surface area contributed by atoms with E-state index in [9.17, 15) is 8.42 Å². The van der Waals surface area contributed by atoms with E-state index >= 15 is 0 Å². The molecule has 0 radical (unpaired) electrons. The van der Waals surface area contributed by atoms with Crippen molar-refractivity contribution in [3.63, 3.8) is 0 Å². The zero-order chi connectivity index (χ0) is 17.0. The summed E-state index contributed by atoms with van der Waals surface area (Å²) in [6, 6.07) is 4.71. The first kappa shape index (κ1) is 18.7. The number of quaternary nitrogens is 1. The fourth-order valence-electron chi connectivity index (χ4n) is 2.38. The van der Waals surface area contributed by atoms with Crippen LogP contribution in [-0.2, 0) is 10.0 Å². The van der Waals surface area contributed by atoms with Crippen LogP contribution in [0.3, 0.4) is 0 Å². The molecule has 0 fully saturated rings. The lowest BCUT2D eigenvalue weighted by Gasteiger charge is -2.26. The first-order valence-corrected chi connectivity index (χ1v) is 8.60. The van der Waals surface area contributed by atoms with Crippen molar-refractivity contribution >= 4 is 10.0 Å². The van der Waals surface area contributed by atoms with Crippen molar-refractivity contribution in [2.45, 2.75) is 18.7 Å². The molecule has 1 aromatic carbocycles. The molecule has 0 aliphatic carbocycles. The van der Waals surface area contributed by atoms with Gasteiger partial charge in [-0.05, 0) is 12.1 Å². The maximum Gasteiger partial charge on any atom is 0.244 e. The number of benzene rings is 1. The van der Waals surface area contributed by atoms with Crippen molar-refractivity contribution in [1.82, 2.24) is 4.72 Å². The van der Waals surface area contributed by atoms with Gasteiger partial charge in [0.1, 0.15) is 16.4 Å². The van der Waals surface area contributed by atoms with Gasteiger partial charge >= 0.3 is 0 Å². The predicted molar refractivity (Wildman–Crippen MR) is 86.2 cm³/mol. The Balaban J connectivity index is 3.00. The average Bonchev–Trinajstić information content (AvgIpc) is 2.43. The van der Waals surface area contributed by atoms with Crippen LogP contribution in [0, 0.1) is 5.41 Å². The highest BCUT2D eigenvalue weighted by Crippen LogP contribution is 2.28. The Labute approximate surface area is 133 Å². The van der Waals surface area contributed by atoms with Crippen LogP contribution in [0.15, 0.2) is 23.1 Å². The summed E-state index contributed by atoms with van der Waals surface area (Å²) in [4.78, 5) is 1.35. The molecule has 0 unspecified atom stereocenters. The van der Waals surface area contributed by atoms with E-state index in [1.807, 2.05) is 27.9 Å². The maximum absolute atomic E-state index is 12.6. The molecule has 0 saturated carbocycles. The summed E-state index contributed by atoms with van der Waals surface area (Å²) >= 11 is 0. The van der Waals surface area contributed by atoms with Gasteiger partial charge in [0.2, 0.25) is 10.0 Å². The fourth-order valence-corrected chi connectivity index (χ4v) is 3.81. The molecule has 22 heavy (non-hydrogen) atoms. The molecule has 6 nitrogen and oxygen atoms in total. The highest BCUT2D eigenvalue weighted by molar-refractivity contribution is 7.89. The molecule has 126 valence electrons. The summed E-state index contributed by atoms with van der Waals surface area (Å²) in [5.41, 5.74) is -0.155. The Morgan fingerprint density at radius 2 is 1.82 bits per heavy atom. The second-order valence-corrected chi connectivity index (χ2v) is 8.12. The standard InChI is InChI=1S/C15H26N2O4S/c1-15(2,11-17(3)4)10-16-22(18,19)14-9-12(20-5)7-8-13(14)21-6/h7-9,16H,10-11H2,1-6H3/p+1. The van der Waals surface area contributed by atoms with Crippen LogP contribution in [-0.4, -0.2) is 49.8 Å². The average molecular weight is 331 g/mol. The molecule has 0 aliphatic rings. The number of methoxy groups -OCH3 is 2. The molecule has 0 bridgehead atoms. The largest absolute Gasteiger partial charge is 0.497 e. The Hall–Kier alpha value is -1.31. The van der Waals surface area contributed by atoms with Gasteiger partial charge in [0.25, 0.3) is 0 Å². The molecule has 7 heteroatoms. The van der Waals surface area contributed by atoms with Gasteiger partial charge in [-0.1, -0.05) is 13.8 Å². The van der Waals surface area contributed by atoms with Crippen LogP contribution >= 0.6 is 0 Å². The maximum atomic E-state index is 12.6. The minimum atomic E-state index is -3.67. The van der Waals surface area contributed by atoms with Crippen molar-refractivity contribution in [1.29, 1.82) is 0 Å². The Morgan fingerprint density at radius 1 is 1.18 bits per heavy atom. The Bertz CT molecular complexity index is 598. The lowest BCUT2D eigenvalue weighted by atomic mass is 9.93. The number of nitrogens with one attached hydrogen (secondary N) is 2. The SMILES string of the molecule is COc1ccc(OC)c(S(=O)(=O)NCC(C)(C)C[NH+](C)C)c1. The molecule has 0 heterocycles. The second kappa shape index (κ2) is 7.30. The van der Waals surface area contributed by atoms with Gasteiger partial charge in [0.15, 0.2) is 0 Å². The first-order chi connectivity index (χ1) is 10.1. The van der Waals surface area contributed by atoms with Crippen molar-refractivity contribution in [2.75, 3.05) is 41.4 Å². The summed E-state index contributed by atoms with van der Waals surface area (Å²) in [5, 5.41) is 0. The van der Waals surface area contributed by atoms with Gasteiger partial charge in [-0.2, -0.15) is 0 Å². The van der Waals surface area contributed by atoms with Crippen LogP contribution in [0.5, 0.6) is 11.5 Å². The van der Waals surface area contributed by atoms with E-state index in [-0.39, 0.29) is 10.3 Å². The van der Waals surface area contributed by atoms with Gasteiger partial charge in [0.05, 0.1) is 34.9 Å². The van der Waals surface area contributed by atoms with Crippen molar-refractivity contribution in [2.24, 2.45) is 5.41 Å². The van der Waals surface area contributed by atoms with Crippen LogP contribution in [0.2, 0.25) is 0 Å². The van der Waals surface area contributed by atoms with Gasteiger partial charge < -0.3 is 14.4 Å². The van der Waals surface area contributed by atoms with Crippen LogP contribution in [0.25, 0.3) is 0 Å². The normalized spacial score (nSPS) is 12.5. The molecule has 0 amide bonds. The van der Waals surface area contributed by atoms with E-state index in [2.05, 4.69) is 4.72 Å². The van der Waals surface area contributed by atoms with Crippen LogP contribution < -0.4 is 19.1 Å². The highest BCUT2D eigenvalue weighted by atomic mass is 32.2. The monoisotopic (exact) mass is 331 g/mol. The summed E-state index contributed by atoms with van der Waals surface area (Å²) < 4.78 is 38.0. The van der Waals surface area contributed by atoms with E-state index < -0.39 is 10.0 Å². The van der Waals surface area contributed by atoms with Crippen LogP contribution in [0.4, 0.5) is 0 Å². The number of sulfonamides is 1. The number of ether oxygens (including phenoxy) is 2. The molecule has 1 aromatic rings. The van der Waals surface area contributed by atoms with E-state index in [1.165, 1.54) is 25.2 Å². The van der Waals surface area contributed by atoms with E-state index in [4.69, 9.17) is 9.47 Å². The Kier molecular flexibility index (Phi) is 6.22. The smallest absolute Gasteiger partial charge is 0.244 e. The summed E-state index contributed by atoms with van der Waals surface area (Å²) in [5.74, 6) is 0.766. The van der Waals surface area contributed by atoms with E-state index in [0.29, 0.717) is 18.0 Å². The number of hydrogen-bond donors (Lipinski definition) is 2. The molecule has 2 N–H and O–H groups in total.